The molecule has 0 radical (unpaired) electrons. The lowest BCUT2D eigenvalue weighted by atomic mass is 10.2. The monoisotopic (exact) mass is 291 g/mol. The Morgan fingerprint density at radius 2 is 2.00 bits per heavy atom. The van der Waals surface area contributed by atoms with Gasteiger partial charge in [-0.25, -0.2) is 4.98 Å². The summed E-state index contributed by atoms with van der Waals surface area (Å²) in [6.07, 6.45) is -2.08. The van der Waals surface area contributed by atoms with Crippen molar-refractivity contribution in [2.75, 3.05) is 13.2 Å². The van der Waals surface area contributed by atoms with Gasteiger partial charge in [0.1, 0.15) is 0 Å². The Hall–Kier alpha value is -1.37. The van der Waals surface area contributed by atoms with Gasteiger partial charge in [0.05, 0.1) is 24.7 Å². The molecule has 1 heterocycles. The first-order valence-electron chi connectivity index (χ1n) is 6.58. The fourth-order valence-electron chi connectivity index (χ4n) is 1.45. The normalized spacial score (nSPS) is 11.9. The van der Waals surface area contributed by atoms with Gasteiger partial charge in [-0.3, -0.25) is 4.98 Å². The first-order chi connectivity index (χ1) is 9.37. The second-order valence-corrected chi connectivity index (χ2v) is 4.94. The molecule has 0 aliphatic carbocycles. The summed E-state index contributed by atoms with van der Waals surface area (Å²) in [4.78, 5) is 8.14. The molecule has 114 valence electrons. The van der Waals surface area contributed by atoms with Crippen molar-refractivity contribution in [3.8, 4) is 5.88 Å². The smallest absolute Gasteiger partial charge is 0.389 e. The van der Waals surface area contributed by atoms with E-state index in [4.69, 9.17) is 4.74 Å². The SMILES string of the molecule is CC(C)CNCc1cnc(OCCCC(F)(F)F)cn1. The molecule has 1 rings (SSSR count). The van der Waals surface area contributed by atoms with Crippen LogP contribution in [0, 0.1) is 5.92 Å². The van der Waals surface area contributed by atoms with Crippen molar-refractivity contribution in [1.29, 1.82) is 0 Å². The van der Waals surface area contributed by atoms with Crippen LogP contribution in [0.2, 0.25) is 0 Å². The third-order valence-corrected chi connectivity index (χ3v) is 2.39. The summed E-state index contributed by atoms with van der Waals surface area (Å²) in [7, 11) is 0. The number of nitrogens with zero attached hydrogens (tertiary/aromatic N) is 2. The summed E-state index contributed by atoms with van der Waals surface area (Å²) in [5.74, 6) is 0.805. The number of aromatic nitrogens is 2. The van der Waals surface area contributed by atoms with Gasteiger partial charge in [-0.1, -0.05) is 13.8 Å². The predicted molar refractivity (Wildman–Crippen MR) is 69.4 cm³/mol. The Labute approximate surface area is 116 Å². The van der Waals surface area contributed by atoms with Crippen LogP contribution in [0.4, 0.5) is 13.2 Å². The van der Waals surface area contributed by atoms with Crippen LogP contribution in [0.15, 0.2) is 12.4 Å². The molecular formula is C13H20F3N3O. The molecular weight excluding hydrogens is 271 g/mol. The van der Waals surface area contributed by atoms with E-state index in [1.54, 1.807) is 6.20 Å². The third-order valence-electron chi connectivity index (χ3n) is 2.39. The molecule has 0 atom stereocenters. The number of ether oxygens (including phenoxy) is 1. The number of nitrogens with one attached hydrogen (secondary N) is 1. The number of halogens is 3. The minimum Gasteiger partial charge on any atom is -0.477 e. The maximum absolute atomic E-state index is 11.9. The topological polar surface area (TPSA) is 47.0 Å². The number of hydrogen-bond acceptors (Lipinski definition) is 4. The molecule has 1 aromatic rings. The van der Waals surface area contributed by atoms with Gasteiger partial charge in [-0.2, -0.15) is 13.2 Å². The Kier molecular flexibility index (Phi) is 6.70. The maximum Gasteiger partial charge on any atom is 0.389 e. The summed E-state index contributed by atoms with van der Waals surface area (Å²) in [5, 5.41) is 3.22. The Morgan fingerprint density at radius 3 is 2.55 bits per heavy atom. The van der Waals surface area contributed by atoms with E-state index in [2.05, 4.69) is 29.1 Å². The van der Waals surface area contributed by atoms with Crippen LogP contribution in [0.3, 0.4) is 0 Å². The zero-order valence-corrected chi connectivity index (χ0v) is 11.7. The molecule has 1 aromatic heterocycles. The summed E-state index contributed by atoms with van der Waals surface area (Å²) in [6.45, 7) is 5.70. The molecule has 0 bridgehead atoms. The standard InChI is InChI=1S/C13H20F3N3O/c1-10(2)6-17-7-11-8-19-12(9-18-11)20-5-3-4-13(14,15)16/h8-10,17H,3-7H2,1-2H3. The maximum atomic E-state index is 11.9. The van der Waals surface area contributed by atoms with E-state index in [0.717, 1.165) is 12.2 Å². The van der Waals surface area contributed by atoms with Crippen molar-refractivity contribution < 1.29 is 17.9 Å². The quantitative estimate of drug-likeness (QED) is 0.748. The van der Waals surface area contributed by atoms with Crippen molar-refractivity contribution in [2.45, 2.75) is 39.4 Å². The summed E-state index contributed by atoms with van der Waals surface area (Å²) < 4.78 is 40.9. The van der Waals surface area contributed by atoms with Gasteiger partial charge in [0, 0.05) is 13.0 Å². The fourth-order valence-corrected chi connectivity index (χ4v) is 1.45. The van der Waals surface area contributed by atoms with E-state index in [1.165, 1.54) is 6.20 Å². The highest BCUT2D eigenvalue weighted by Crippen LogP contribution is 2.21. The van der Waals surface area contributed by atoms with Gasteiger partial charge in [0.15, 0.2) is 0 Å². The van der Waals surface area contributed by atoms with Crippen LogP contribution >= 0.6 is 0 Å². The van der Waals surface area contributed by atoms with Crippen LogP contribution in [-0.4, -0.2) is 29.3 Å². The van der Waals surface area contributed by atoms with Crippen molar-refractivity contribution in [3.63, 3.8) is 0 Å². The molecule has 0 aliphatic heterocycles. The van der Waals surface area contributed by atoms with Crippen molar-refractivity contribution in [2.24, 2.45) is 5.92 Å². The number of alkyl halides is 3. The van der Waals surface area contributed by atoms with Crippen LogP contribution in [-0.2, 0) is 6.54 Å². The van der Waals surface area contributed by atoms with E-state index in [-0.39, 0.29) is 18.9 Å². The first kappa shape index (κ1) is 16.7. The molecule has 0 spiro atoms. The van der Waals surface area contributed by atoms with E-state index in [1.807, 2.05) is 0 Å². The predicted octanol–water partition coefficient (Wildman–Crippen LogP) is 2.94. The van der Waals surface area contributed by atoms with Crippen molar-refractivity contribution in [3.05, 3.63) is 18.1 Å². The fraction of sp³-hybridized carbons (Fsp3) is 0.692. The molecule has 0 amide bonds. The average molecular weight is 291 g/mol. The Morgan fingerprint density at radius 1 is 1.25 bits per heavy atom. The van der Waals surface area contributed by atoms with Gasteiger partial charge in [0.2, 0.25) is 5.88 Å². The van der Waals surface area contributed by atoms with Crippen LogP contribution in [0.25, 0.3) is 0 Å². The number of hydrogen-bond donors (Lipinski definition) is 1. The second-order valence-electron chi connectivity index (χ2n) is 4.94. The first-order valence-corrected chi connectivity index (χ1v) is 6.58. The highest BCUT2D eigenvalue weighted by atomic mass is 19.4. The Balaban J connectivity index is 2.25. The molecule has 1 N–H and O–H groups in total. The molecule has 4 nitrogen and oxygen atoms in total. The molecule has 0 fully saturated rings. The zero-order chi connectivity index (χ0) is 15.0. The average Bonchev–Trinajstić information content (AvgIpc) is 2.35. The van der Waals surface area contributed by atoms with Crippen LogP contribution < -0.4 is 10.1 Å². The van der Waals surface area contributed by atoms with Gasteiger partial charge < -0.3 is 10.1 Å². The van der Waals surface area contributed by atoms with E-state index < -0.39 is 12.6 Å². The lowest BCUT2D eigenvalue weighted by molar-refractivity contribution is -0.136. The van der Waals surface area contributed by atoms with Crippen molar-refractivity contribution in [1.82, 2.24) is 15.3 Å². The molecule has 0 aliphatic rings. The minimum atomic E-state index is -4.14. The molecule has 20 heavy (non-hydrogen) atoms. The lowest BCUT2D eigenvalue weighted by Crippen LogP contribution is -2.19. The van der Waals surface area contributed by atoms with E-state index in [0.29, 0.717) is 12.5 Å². The molecule has 0 saturated carbocycles. The summed E-state index contributed by atoms with van der Waals surface area (Å²) >= 11 is 0. The van der Waals surface area contributed by atoms with E-state index in [9.17, 15) is 13.2 Å². The zero-order valence-electron chi connectivity index (χ0n) is 11.7. The van der Waals surface area contributed by atoms with Gasteiger partial charge in [-0.15, -0.1) is 0 Å². The second kappa shape index (κ2) is 8.04. The largest absolute Gasteiger partial charge is 0.477 e. The van der Waals surface area contributed by atoms with Crippen LogP contribution in [0.1, 0.15) is 32.4 Å². The highest BCUT2D eigenvalue weighted by molar-refractivity contribution is 5.07. The van der Waals surface area contributed by atoms with Crippen LogP contribution in [0.5, 0.6) is 5.88 Å². The number of rotatable bonds is 8. The van der Waals surface area contributed by atoms with Gasteiger partial charge in [0.25, 0.3) is 0 Å². The van der Waals surface area contributed by atoms with E-state index >= 15 is 0 Å². The Bertz CT molecular complexity index is 379. The summed E-state index contributed by atoms with van der Waals surface area (Å²) in [5.41, 5.74) is 0.772. The highest BCUT2D eigenvalue weighted by Gasteiger charge is 2.26. The van der Waals surface area contributed by atoms with Gasteiger partial charge in [-0.05, 0) is 18.9 Å². The van der Waals surface area contributed by atoms with Gasteiger partial charge >= 0.3 is 6.18 Å². The lowest BCUT2D eigenvalue weighted by Gasteiger charge is -2.08. The summed E-state index contributed by atoms with van der Waals surface area (Å²) in [6, 6.07) is 0. The molecule has 0 aromatic carbocycles. The molecule has 0 unspecified atom stereocenters. The minimum absolute atomic E-state index is 0.0147. The molecule has 7 heteroatoms. The third kappa shape index (κ3) is 7.93. The molecule has 0 saturated heterocycles. The van der Waals surface area contributed by atoms with Crippen molar-refractivity contribution >= 4 is 0 Å².